The molecule has 4 heterocycles. The molecule has 1 amide bonds. The summed E-state index contributed by atoms with van der Waals surface area (Å²) >= 11 is 1.43. The topological polar surface area (TPSA) is 82.4 Å². The third kappa shape index (κ3) is 4.48. The van der Waals surface area contributed by atoms with Gasteiger partial charge in [-0.05, 0) is 25.0 Å². The summed E-state index contributed by atoms with van der Waals surface area (Å²) in [6.07, 6.45) is 5.76. The van der Waals surface area contributed by atoms with Crippen molar-refractivity contribution in [3.05, 3.63) is 24.5 Å². The minimum absolute atomic E-state index is 0.112. The quantitative estimate of drug-likeness (QED) is 0.692. The number of pyridine rings is 1. The van der Waals surface area contributed by atoms with Crippen molar-refractivity contribution in [2.75, 3.05) is 38.7 Å². The Balaban J connectivity index is 1.50. The van der Waals surface area contributed by atoms with Crippen LogP contribution in [0, 0.1) is 0 Å². The Bertz CT molecular complexity index is 758. The lowest BCUT2D eigenvalue weighted by Crippen LogP contribution is -2.41. The van der Waals surface area contributed by atoms with E-state index in [0.717, 1.165) is 36.0 Å². The molecule has 2 saturated heterocycles. The number of carbonyl (C=O) groups is 1. The molecule has 2 aliphatic heterocycles. The smallest absolute Gasteiger partial charge is 0.233 e. The van der Waals surface area contributed by atoms with Crippen molar-refractivity contribution < 1.29 is 14.3 Å². The summed E-state index contributed by atoms with van der Waals surface area (Å²) in [5.41, 5.74) is 0.960. The molecule has 2 aromatic heterocycles. The second-order valence-electron chi connectivity index (χ2n) is 6.57. The van der Waals surface area contributed by atoms with E-state index in [1.165, 1.54) is 11.8 Å². The van der Waals surface area contributed by atoms with E-state index in [1.807, 2.05) is 17.0 Å². The zero-order valence-corrected chi connectivity index (χ0v) is 15.9. The maximum Gasteiger partial charge on any atom is 0.233 e. The molecule has 1 atom stereocenters. The number of amides is 1. The molecule has 0 aliphatic carbocycles. The summed E-state index contributed by atoms with van der Waals surface area (Å²) in [5.74, 6) is 1.25. The van der Waals surface area contributed by atoms with E-state index in [-0.39, 0.29) is 12.0 Å². The van der Waals surface area contributed by atoms with E-state index in [0.29, 0.717) is 38.6 Å². The first-order chi connectivity index (χ1) is 13.3. The molecule has 2 aromatic rings. The van der Waals surface area contributed by atoms with Gasteiger partial charge in [-0.3, -0.25) is 14.3 Å². The zero-order valence-electron chi connectivity index (χ0n) is 15.1. The van der Waals surface area contributed by atoms with Crippen LogP contribution >= 0.6 is 11.8 Å². The Kier molecular flexibility index (Phi) is 6.00. The summed E-state index contributed by atoms with van der Waals surface area (Å²) < 4.78 is 13.2. The van der Waals surface area contributed by atoms with Gasteiger partial charge in [0.1, 0.15) is 0 Å². The first-order valence-electron chi connectivity index (χ1n) is 9.25. The molecule has 0 spiro atoms. The monoisotopic (exact) mass is 389 g/mol. The molecule has 2 aliphatic rings. The number of hydrogen-bond donors (Lipinski definition) is 0. The zero-order chi connectivity index (χ0) is 18.5. The van der Waals surface area contributed by atoms with Gasteiger partial charge >= 0.3 is 0 Å². The van der Waals surface area contributed by atoms with Crippen LogP contribution < -0.4 is 0 Å². The molecular formula is C18H23N5O3S. The largest absolute Gasteiger partial charge is 0.378 e. The average molecular weight is 389 g/mol. The highest BCUT2D eigenvalue weighted by molar-refractivity contribution is 7.99. The Labute approximate surface area is 162 Å². The van der Waals surface area contributed by atoms with E-state index in [2.05, 4.69) is 19.7 Å². The second-order valence-corrected chi connectivity index (χ2v) is 7.51. The van der Waals surface area contributed by atoms with Crippen molar-refractivity contribution >= 4 is 17.7 Å². The van der Waals surface area contributed by atoms with Gasteiger partial charge in [0.25, 0.3) is 0 Å². The predicted octanol–water partition coefficient (Wildman–Crippen LogP) is 1.47. The summed E-state index contributed by atoms with van der Waals surface area (Å²) in [4.78, 5) is 18.4. The Morgan fingerprint density at radius 1 is 1.19 bits per heavy atom. The van der Waals surface area contributed by atoms with Crippen LogP contribution in [-0.4, -0.2) is 75.3 Å². The number of ether oxygens (including phenoxy) is 2. The van der Waals surface area contributed by atoms with E-state index in [9.17, 15) is 4.79 Å². The van der Waals surface area contributed by atoms with Crippen LogP contribution in [0.1, 0.15) is 12.8 Å². The number of carbonyl (C=O) groups excluding carboxylic acids is 1. The molecule has 1 unspecified atom stereocenters. The van der Waals surface area contributed by atoms with E-state index in [1.54, 1.807) is 12.4 Å². The predicted molar refractivity (Wildman–Crippen MR) is 100 cm³/mol. The Hall–Kier alpha value is -1.97. The van der Waals surface area contributed by atoms with Crippen LogP contribution in [0.4, 0.5) is 0 Å². The van der Waals surface area contributed by atoms with Crippen molar-refractivity contribution in [1.82, 2.24) is 24.6 Å². The average Bonchev–Trinajstić information content (AvgIpc) is 3.38. The lowest BCUT2D eigenvalue weighted by Gasteiger charge is -2.26. The fourth-order valence-corrected chi connectivity index (χ4v) is 4.15. The molecular weight excluding hydrogens is 366 g/mol. The fraction of sp³-hybridized carbons (Fsp3) is 0.556. The lowest BCUT2D eigenvalue weighted by molar-refractivity contribution is -0.132. The molecule has 27 heavy (non-hydrogen) atoms. The third-order valence-corrected chi connectivity index (χ3v) is 5.71. The van der Waals surface area contributed by atoms with Crippen LogP contribution in [0.15, 0.2) is 29.7 Å². The lowest BCUT2D eigenvalue weighted by atomic mass is 10.2. The first-order valence-corrected chi connectivity index (χ1v) is 10.2. The molecule has 2 fully saturated rings. The van der Waals surface area contributed by atoms with Gasteiger partial charge in [0, 0.05) is 37.7 Å². The van der Waals surface area contributed by atoms with Gasteiger partial charge in [0.15, 0.2) is 11.0 Å². The van der Waals surface area contributed by atoms with Crippen molar-refractivity contribution in [3.63, 3.8) is 0 Å². The van der Waals surface area contributed by atoms with Crippen LogP contribution in [0.2, 0.25) is 0 Å². The Morgan fingerprint density at radius 3 is 2.74 bits per heavy atom. The number of thioether (sulfide) groups is 1. The van der Waals surface area contributed by atoms with Gasteiger partial charge in [0.2, 0.25) is 5.91 Å². The number of nitrogens with zero attached hydrogens (tertiary/aromatic N) is 5. The highest BCUT2D eigenvalue weighted by Gasteiger charge is 2.23. The van der Waals surface area contributed by atoms with Crippen molar-refractivity contribution in [1.29, 1.82) is 0 Å². The standard InChI is InChI=1S/C18H23N5O3S/c24-16(22-7-10-25-11-8-22)13-27-18-21-20-17(14-3-5-19-6-4-14)23(18)12-15-2-1-9-26-15/h3-6,15H,1-2,7-13H2. The molecule has 0 aromatic carbocycles. The highest BCUT2D eigenvalue weighted by atomic mass is 32.2. The van der Waals surface area contributed by atoms with Crippen LogP contribution in [0.5, 0.6) is 0 Å². The molecule has 0 bridgehead atoms. The van der Waals surface area contributed by atoms with Gasteiger partial charge in [-0.2, -0.15) is 0 Å². The number of hydrogen-bond acceptors (Lipinski definition) is 7. The fourth-order valence-electron chi connectivity index (χ4n) is 3.30. The first kappa shape index (κ1) is 18.4. The SMILES string of the molecule is O=C(CSc1nnc(-c2ccncc2)n1CC1CCCO1)N1CCOCC1. The van der Waals surface area contributed by atoms with Crippen molar-refractivity contribution in [3.8, 4) is 11.4 Å². The van der Waals surface area contributed by atoms with E-state index >= 15 is 0 Å². The molecule has 0 radical (unpaired) electrons. The summed E-state index contributed by atoms with van der Waals surface area (Å²) in [6.45, 7) is 4.03. The third-order valence-electron chi connectivity index (χ3n) is 4.75. The van der Waals surface area contributed by atoms with Crippen LogP contribution in [0.25, 0.3) is 11.4 Å². The van der Waals surface area contributed by atoms with Crippen LogP contribution in [0.3, 0.4) is 0 Å². The maximum atomic E-state index is 12.5. The normalized spacial score (nSPS) is 20.1. The minimum Gasteiger partial charge on any atom is -0.378 e. The van der Waals surface area contributed by atoms with Gasteiger partial charge in [0.05, 0.1) is 31.6 Å². The minimum atomic E-state index is 0.112. The molecule has 0 saturated carbocycles. The summed E-state index contributed by atoms with van der Waals surface area (Å²) in [6, 6.07) is 3.84. The van der Waals surface area contributed by atoms with Gasteiger partial charge in [-0.1, -0.05) is 11.8 Å². The van der Waals surface area contributed by atoms with Gasteiger partial charge in [-0.15, -0.1) is 10.2 Å². The van der Waals surface area contributed by atoms with Crippen molar-refractivity contribution in [2.24, 2.45) is 0 Å². The second kappa shape index (κ2) is 8.81. The van der Waals surface area contributed by atoms with E-state index in [4.69, 9.17) is 9.47 Å². The Morgan fingerprint density at radius 2 is 2.00 bits per heavy atom. The molecule has 4 rings (SSSR count). The number of aromatic nitrogens is 4. The molecule has 8 nitrogen and oxygen atoms in total. The molecule has 9 heteroatoms. The maximum absolute atomic E-state index is 12.5. The number of morpholine rings is 1. The van der Waals surface area contributed by atoms with Crippen LogP contribution in [-0.2, 0) is 20.8 Å². The summed E-state index contributed by atoms with van der Waals surface area (Å²) in [5, 5.41) is 9.49. The van der Waals surface area contributed by atoms with E-state index < -0.39 is 0 Å². The molecule has 0 N–H and O–H groups in total. The molecule has 144 valence electrons. The van der Waals surface area contributed by atoms with Gasteiger partial charge in [-0.25, -0.2) is 0 Å². The van der Waals surface area contributed by atoms with Crippen molar-refractivity contribution in [2.45, 2.75) is 30.6 Å². The highest BCUT2D eigenvalue weighted by Crippen LogP contribution is 2.26. The van der Waals surface area contributed by atoms with Gasteiger partial charge < -0.3 is 14.4 Å². The number of rotatable bonds is 6. The summed E-state index contributed by atoms with van der Waals surface area (Å²) in [7, 11) is 0.